The van der Waals surface area contributed by atoms with Gasteiger partial charge >= 0.3 is 0 Å². The highest BCUT2D eigenvalue weighted by Gasteiger charge is 2.28. The number of aromatic nitrogens is 1. The monoisotopic (exact) mass is 261 g/mol. The van der Waals surface area contributed by atoms with E-state index in [0.29, 0.717) is 17.0 Å². The number of rotatable bonds is 4. The molecule has 0 saturated heterocycles. The maximum atomic E-state index is 13.2. The number of benzene rings is 1. The highest BCUT2D eigenvalue weighted by atomic mass is 19.1. The summed E-state index contributed by atoms with van der Waals surface area (Å²) in [5, 5.41) is 10.6. The van der Waals surface area contributed by atoms with Crippen molar-refractivity contribution in [2.45, 2.75) is 18.9 Å². The van der Waals surface area contributed by atoms with Crippen molar-refractivity contribution in [2.24, 2.45) is 0 Å². The molecule has 1 N–H and O–H groups in total. The predicted molar refractivity (Wildman–Crippen MR) is 70.5 cm³/mol. The van der Waals surface area contributed by atoms with E-state index in [0.717, 1.165) is 0 Å². The average molecular weight is 261 g/mol. The molecule has 2 aromatic rings. The predicted octanol–water partition coefficient (Wildman–Crippen LogP) is 2.68. The second-order valence-electron chi connectivity index (χ2n) is 4.63. The van der Waals surface area contributed by atoms with E-state index in [4.69, 9.17) is 4.74 Å². The van der Waals surface area contributed by atoms with Gasteiger partial charge in [-0.3, -0.25) is 4.98 Å². The summed E-state index contributed by atoms with van der Waals surface area (Å²) in [6.07, 6.45) is 1.86. The van der Waals surface area contributed by atoms with E-state index in [1.165, 1.54) is 19.2 Å². The summed E-state index contributed by atoms with van der Waals surface area (Å²) in [4.78, 5) is 4.17. The number of ether oxygens (including phenoxy) is 1. The molecule has 1 atom stereocenters. The lowest BCUT2D eigenvalue weighted by Crippen LogP contribution is -2.26. The van der Waals surface area contributed by atoms with Crippen LogP contribution in [0.3, 0.4) is 0 Å². The van der Waals surface area contributed by atoms with Crippen molar-refractivity contribution in [1.82, 2.24) is 4.98 Å². The Bertz CT molecular complexity index is 570. The zero-order valence-electron chi connectivity index (χ0n) is 10.9. The lowest BCUT2D eigenvalue weighted by atomic mass is 9.92. The van der Waals surface area contributed by atoms with E-state index in [-0.39, 0.29) is 12.2 Å². The molecule has 1 heterocycles. The van der Waals surface area contributed by atoms with Crippen LogP contribution >= 0.6 is 0 Å². The second-order valence-corrected chi connectivity index (χ2v) is 4.63. The number of nitrogens with zero attached hydrogens (tertiary/aromatic N) is 1. The van der Waals surface area contributed by atoms with Crippen molar-refractivity contribution >= 4 is 0 Å². The third kappa shape index (κ3) is 3.09. The Morgan fingerprint density at radius 2 is 2.11 bits per heavy atom. The van der Waals surface area contributed by atoms with Crippen LogP contribution in [-0.4, -0.2) is 17.2 Å². The van der Waals surface area contributed by atoms with Crippen LogP contribution in [0.4, 0.5) is 4.39 Å². The van der Waals surface area contributed by atoms with Crippen LogP contribution in [0.15, 0.2) is 42.6 Å². The zero-order chi connectivity index (χ0) is 13.9. The maximum absolute atomic E-state index is 13.2. The van der Waals surface area contributed by atoms with Crippen LogP contribution in [0.25, 0.3) is 0 Å². The summed E-state index contributed by atoms with van der Waals surface area (Å²) >= 11 is 0. The number of pyridine rings is 1. The van der Waals surface area contributed by atoms with E-state index >= 15 is 0 Å². The molecule has 0 aliphatic carbocycles. The summed E-state index contributed by atoms with van der Waals surface area (Å²) < 4.78 is 18.4. The van der Waals surface area contributed by atoms with Crippen molar-refractivity contribution in [3.8, 4) is 5.75 Å². The van der Waals surface area contributed by atoms with Gasteiger partial charge in [0.2, 0.25) is 0 Å². The molecule has 1 aromatic heterocycles. The normalized spacial score (nSPS) is 13.9. The lowest BCUT2D eigenvalue weighted by Gasteiger charge is -2.24. The minimum absolute atomic E-state index is 0.262. The molecule has 1 aromatic carbocycles. The molecule has 0 radical (unpaired) electrons. The molecule has 0 fully saturated rings. The average Bonchev–Trinajstić information content (AvgIpc) is 2.38. The highest BCUT2D eigenvalue weighted by molar-refractivity contribution is 5.33. The number of halogens is 1. The Hall–Kier alpha value is -1.94. The maximum Gasteiger partial charge on any atom is 0.143 e. The van der Waals surface area contributed by atoms with Crippen LogP contribution in [0, 0.1) is 5.82 Å². The Morgan fingerprint density at radius 1 is 1.32 bits per heavy atom. The summed E-state index contributed by atoms with van der Waals surface area (Å²) in [6.45, 7) is 1.64. The van der Waals surface area contributed by atoms with Crippen molar-refractivity contribution < 1.29 is 14.2 Å². The van der Waals surface area contributed by atoms with E-state index in [9.17, 15) is 9.50 Å². The van der Waals surface area contributed by atoms with Gasteiger partial charge in [-0.2, -0.15) is 0 Å². The molecule has 0 spiro atoms. The molecule has 3 nitrogen and oxygen atoms in total. The number of aliphatic hydroxyl groups is 1. The van der Waals surface area contributed by atoms with E-state index < -0.39 is 5.60 Å². The van der Waals surface area contributed by atoms with Crippen LogP contribution in [0.2, 0.25) is 0 Å². The molecule has 0 bridgehead atoms. The molecule has 4 heteroatoms. The van der Waals surface area contributed by atoms with Crippen LogP contribution < -0.4 is 4.74 Å². The standard InChI is InChI=1S/C15H16FNO2/c1-15(18,10-11-5-3-6-12(16)9-11)14-13(19-2)7-4-8-17-14/h3-9,18H,10H2,1-2H3. The molecule has 19 heavy (non-hydrogen) atoms. The first-order valence-corrected chi connectivity index (χ1v) is 5.99. The van der Waals surface area contributed by atoms with Gasteiger partial charge < -0.3 is 9.84 Å². The van der Waals surface area contributed by atoms with E-state index in [1.54, 1.807) is 37.4 Å². The SMILES string of the molecule is COc1cccnc1C(C)(O)Cc1cccc(F)c1. The molecule has 0 amide bonds. The van der Waals surface area contributed by atoms with Crippen molar-refractivity contribution in [3.05, 3.63) is 59.7 Å². The molecule has 0 saturated carbocycles. The highest BCUT2D eigenvalue weighted by Crippen LogP contribution is 2.30. The van der Waals surface area contributed by atoms with Gasteiger partial charge in [0.25, 0.3) is 0 Å². The lowest BCUT2D eigenvalue weighted by molar-refractivity contribution is 0.0501. The van der Waals surface area contributed by atoms with Crippen LogP contribution in [-0.2, 0) is 12.0 Å². The largest absolute Gasteiger partial charge is 0.495 e. The van der Waals surface area contributed by atoms with Gasteiger partial charge in [0.1, 0.15) is 22.9 Å². The Labute approximate surface area is 111 Å². The molecule has 1 unspecified atom stereocenters. The zero-order valence-corrected chi connectivity index (χ0v) is 10.9. The number of hydrogen-bond donors (Lipinski definition) is 1. The van der Waals surface area contributed by atoms with Gasteiger partial charge in [-0.05, 0) is 36.8 Å². The summed E-state index contributed by atoms with van der Waals surface area (Å²) in [5.41, 5.74) is -0.0695. The first-order valence-electron chi connectivity index (χ1n) is 5.99. The van der Waals surface area contributed by atoms with Crippen molar-refractivity contribution in [1.29, 1.82) is 0 Å². The number of methoxy groups -OCH3 is 1. The summed E-state index contributed by atoms with van der Waals surface area (Å²) in [7, 11) is 1.53. The van der Waals surface area contributed by atoms with Crippen molar-refractivity contribution in [3.63, 3.8) is 0 Å². The van der Waals surface area contributed by atoms with Gasteiger partial charge in [-0.1, -0.05) is 12.1 Å². The van der Waals surface area contributed by atoms with Crippen LogP contribution in [0.1, 0.15) is 18.2 Å². The fourth-order valence-corrected chi connectivity index (χ4v) is 2.09. The molecule has 100 valence electrons. The van der Waals surface area contributed by atoms with Gasteiger partial charge in [-0.25, -0.2) is 4.39 Å². The third-order valence-electron chi connectivity index (χ3n) is 2.94. The summed E-state index contributed by atoms with van der Waals surface area (Å²) in [6, 6.07) is 9.65. The minimum Gasteiger partial charge on any atom is -0.495 e. The quantitative estimate of drug-likeness (QED) is 0.920. The summed E-state index contributed by atoms with van der Waals surface area (Å²) in [5.74, 6) is 0.199. The van der Waals surface area contributed by atoms with E-state index in [2.05, 4.69) is 4.98 Å². The van der Waals surface area contributed by atoms with Gasteiger partial charge in [0.15, 0.2) is 0 Å². The second kappa shape index (κ2) is 5.36. The topological polar surface area (TPSA) is 42.4 Å². The molecule has 2 rings (SSSR count). The van der Waals surface area contributed by atoms with Crippen molar-refractivity contribution in [2.75, 3.05) is 7.11 Å². The fourth-order valence-electron chi connectivity index (χ4n) is 2.09. The van der Waals surface area contributed by atoms with E-state index in [1.807, 2.05) is 0 Å². The molecular weight excluding hydrogens is 245 g/mol. The minimum atomic E-state index is -1.22. The number of hydrogen-bond acceptors (Lipinski definition) is 3. The molecule has 0 aliphatic heterocycles. The smallest absolute Gasteiger partial charge is 0.143 e. The Morgan fingerprint density at radius 3 is 2.79 bits per heavy atom. The first kappa shape index (κ1) is 13.5. The molecule has 0 aliphatic rings. The van der Waals surface area contributed by atoms with Gasteiger partial charge in [0, 0.05) is 12.6 Å². The van der Waals surface area contributed by atoms with Crippen LogP contribution in [0.5, 0.6) is 5.75 Å². The fraction of sp³-hybridized carbons (Fsp3) is 0.267. The first-order chi connectivity index (χ1) is 9.03. The van der Waals surface area contributed by atoms with Gasteiger partial charge in [-0.15, -0.1) is 0 Å². The van der Waals surface area contributed by atoms with Gasteiger partial charge in [0.05, 0.1) is 7.11 Å². The Balaban J connectivity index is 2.32. The Kier molecular flexibility index (Phi) is 3.81. The third-order valence-corrected chi connectivity index (χ3v) is 2.94. The molecular formula is C15H16FNO2.